The molecule has 180 valence electrons. The molecule has 1 amide bonds. The maximum absolute atomic E-state index is 12.6. The second kappa shape index (κ2) is 11.5. The quantitative estimate of drug-likeness (QED) is 0.681. The summed E-state index contributed by atoms with van der Waals surface area (Å²) in [5, 5.41) is 7.12. The molecule has 12 heteroatoms. The van der Waals surface area contributed by atoms with E-state index in [9.17, 15) is 18.0 Å². The van der Waals surface area contributed by atoms with E-state index in [0.29, 0.717) is 17.2 Å². The van der Waals surface area contributed by atoms with Crippen LogP contribution in [0.2, 0.25) is 0 Å². The number of piperidine rings is 1. The molecular weight excluding hydrogens is 433 g/mol. The van der Waals surface area contributed by atoms with Crippen molar-refractivity contribution in [1.29, 1.82) is 0 Å². The van der Waals surface area contributed by atoms with E-state index >= 15 is 0 Å². The summed E-state index contributed by atoms with van der Waals surface area (Å²) < 4.78 is 42.4. The topological polar surface area (TPSA) is 105 Å². The molecule has 3 rings (SSSR count). The van der Waals surface area contributed by atoms with Gasteiger partial charge in [0.2, 0.25) is 0 Å². The van der Waals surface area contributed by atoms with Crippen LogP contribution in [-0.2, 0) is 14.3 Å². The second-order valence-corrected chi connectivity index (χ2v) is 7.97. The highest BCUT2D eigenvalue weighted by Crippen LogP contribution is 2.43. The lowest BCUT2D eigenvalue weighted by atomic mass is 9.76. The first-order chi connectivity index (χ1) is 15.1. The van der Waals surface area contributed by atoms with Crippen LogP contribution in [-0.4, -0.2) is 103 Å². The zero-order chi connectivity index (χ0) is 23.8. The number of rotatable bonds is 6. The normalized spacial score (nSPS) is 20.7. The minimum Gasteiger partial charge on any atom is -0.475 e. The van der Waals surface area contributed by atoms with Gasteiger partial charge in [-0.3, -0.25) is 9.69 Å². The maximum atomic E-state index is 12.6. The van der Waals surface area contributed by atoms with E-state index in [-0.39, 0.29) is 5.91 Å². The van der Waals surface area contributed by atoms with Crippen LogP contribution in [0.1, 0.15) is 29.8 Å². The van der Waals surface area contributed by atoms with E-state index in [2.05, 4.69) is 14.9 Å². The smallest absolute Gasteiger partial charge is 0.475 e. The molecule has 9 nitrogen and oxygen atoms in total. The molecule has 0 radical (unpaired) electrons. The number of methoxy groups -OCH3 is 2. The largest absolute Gasteiger partial charge is 0.490 e. The predicted molar refractivity (Wildman–Crippen MR) is 107 cm³/mol. The molecular formula is C20H29F3N4O5. The van der Waals surface area contributed by atoms with Crippen molar-refractivity contribution >= 4 is 11.9 Å². The first-order valence-corrected chi connectivity index (χ1v) is 10.2. The van der Waals surface area contributed by atoms with Crippen LogP contribution in [0.4, 0.5) is 13.2 Å². The van der Waals surface area contributed by atoms with Crippen molar-refractivity contribution < 1.29 is 37.3 Å². The molecule has 1 unspecified atom stereocenters. The average Bonchev–Trinajstić information content (AvgIpc) is 3.09. The highest BCUT2D eigenvalue weighted by atomic mass is 19.4. The van der Waals surface area contributed by atoms with Crippen LogP contribution in [0.15, 0.2) is 18.6 Å². The zero-order valence-electron chi connectivity index (χ0n) is 18.2. The van der Waals surface area contributed by atoms with E-state index in [4.69, 9.17) is 19.4 Å². The Bertz CT molecular complexity index is 743. The summed E-state index contributed by atoms with van der Waals surface area (Å²) in [7, 11) is 3.51. The lowest BCUT2D eigenvalue weighted by Crippen LogP contribution is -2.44. The molecule has 0 aromatic carbocycles. The number of aromatic nitrogens is 2. The average molecular weight is 462 g/mol. The molecule has 2 aliphatic rings. The van der Waals surface area contributed by atoms with Gasteiger partial charge in [0.1, 0.15) is 12.0 Å². The van der Waals surface area contributed by atoms with Gasteiger partial charge in [0, 0.05) is 52.6 Å². The lowest BCUT2D eigenvalue weighted by Gasteiger charge is -2.39. The number of hydrogen-bond acceptors (Lipinski definition) is 7. The Morgan fingerprint density at radius 3 is 2.41 bits per heavy atom. The highest BCUT2D eigenvalue weighted by molar-refractivity contribution is 5.92. The summed E-state index contributed by atoms with van der Waals surface area (Å²) in [6.45, 7) is 5.10. The standard InChI is InChI=1S/C18H28N4O3.C2HF3O2/c1-24-10-9-22-13-18(11-15(22)12-25-2)4-7-21(8-5-18)17(23)16-3-6-19-14-20-16;3-2(4,5)1(6)7/h3,6,14-15H,4-5,7-13H2,1-2H3;(H,6,7). The molecule has 1 N–H and O–H groups in total. The van der Waals surface area contributed by atoms with E-state index in [1.807, 2.05) is 4.90 Å². The Morgan fingerprint density at radius 2 is 1.91 bits per heavy atom. The Balaban J connectivity index is 0.000000451. The van der Waals surface area contributed by atoms with Gasteiger partial charge in [-0.15, -0.1) is 0 Å². The van der Waals surface area contributed by atoms with Gasteiger partial charge in [0.15, 0.2) is 0 Å². The van der Waals surface area contributed by atoms with E-state index < -0.39 is 12.1 Å². The van der Waals surface area contributed by atoms with E-state index in [0.717, 1.165) is 58.7 Å². The van der Waals surface area contributed by atoms with Crippen molar-refractivity contribution in [3.63, 3.8) is 0 Å². The maximum Gasteiger partial charge on any atom is 0.490 e. The number of carboxylic acids is 1. The Kier molecular flexibility index (Phi) is 9.34. The lowest BCUT2D eigenvalue weighted by molar-refractivity contribution is -0.192. The molecule has 32 heavy (non-hydrogen) atoms. The number of likely N-dealkylation sites (tertiary alicyclic amines) is 2. The third kappa shape index (κ3) is 7.10. The molecule has 1 aromatic heterocycles. The van der Waals surface area contributed by atoms with Gasteiger partial charge in [-0.25, -0.2) is 14.8 Å². The third-order valence-corrected chi connectivity index (χ3v) is 5.82. The predicted octanol–water partition coefficient (Wildman–Crippen LogP) is 1.70. The van der Waals surface area contributed by atoms with Gasteiger partial charge >= 0.3 is 12.1 Å². The highest BCUT2D eigenvalue weighted by Gasteiger charge is 2.45. The fourth-order valence-corrected chi connectivity index (χ4v) is 4.21. The van der Waals surface area contributed by atoms with Crippen molar-refractivity contribution in [2.45, 2.75) is 31.5 Å². The fourth-order valence-electron chi connectivity index (χ4n) is 4.21. The van der Waals surface area contributed by atoms with E-state index in [1.165, 1.54) is 6.33 Å². The molecule has 1 spiro atoms. The number of alkyl halides is 3. The summed E-state index contributed by atoms with van der Waals surface area (Å²) in [6, 6.07) is 2.13. The number of amides is 1. The van der Waals surface area contributed by atoms with Crippen LogP contribution in [0.25, 0.3) is 0 Å². The van der Waals surface area contributed by atoms with Crippen molar-refractivity contribution in [2.24, 2.45) is 5.41 Å². The van der Waals surface area contributed by atoms with Crippen LogP contribution in [0.3, 0.4) is 0 Å². The number of ether oxygens (including phenoxy) is 2. The molecule has 2 aliphatic heterocycles. The van der Waals surface area contributed by atoms with Gasteiger partial charge in [-0.05, 0) is 30.7 Å². The summed E-state index contributed by atoms with van der Waals surface area (Å²) in [5.74, 6) is -2.74. The van der Waals surface area contributed by atoms with Crippen LogP contribution >= 0.6 is 0 Å². The summed E-state index contributed by atoms with van der Waals surface area (Å²) in [4.78, 5) is 33.8. The van der Waals surface area contributed by atoms with Gasteiger partial charge in [0.25, 0.3) is 5.91 Å². The Morgan fingerprint density at radius 1 is 1.25 bits per heavy atom. The summed E-state index contributed by atoms with van der Waals surface area (Å²) in [5.41, 5.74) is 0.774. The molecule has 1 aromatic rings. The monoisotopic (exact) mass is 462 g/mol. The van der Waals surface area contributed by atoms with Gasteiger partial charge in [-0.1, -0.05) is 0 Å². The van der Waals surface area contributed by atoms with Crippen LogP contribution < -0.4 is 0 Å². The third-order valence-electron chi connectivity index (χ3n) is 5.82. The minimum atomic E-state index is -5.08. The van der Waals surface area contributed by atoms with Crippen molar-refractivity contribution in [2.75, 3.05) is 53.6 Å². The molecule has 1 atom stereocenters. The van der Waals surface area contributed by atoms with Crippen LogP contribution in [0, 0.1) is 5.41 Å². The number of hydrogen-bond donors (Lipinski definition) is 1. The summed E-state index contributed by atoms with van der Waals surface area (Å²) >= 11 is 0. The SMILES string of the molecule is COCCN1CC2(CCN(C(=O)c3ccncn3)CC2)CC1COC.O=C(O)C(F)(F)F. The van der Waals surface area contributed by atoms with Crippen molar-refractivity contribution in [3.8, 4) is 0 Å². The number of carbonyl (C=O) groups is 2. The number of carboxylic acid groups (broad SMARTS) is 1. The molecule has 3 heterocycles. The molecule has 2 fully saturated rings. The van der Waals surface area contributed by atoms with Crippen molar-refractivity contribution in [1.82, 2.24) is 19.8 Å². The number of carbonyl (C=O) groups excluding carboxylic acids is 1. The fraction of sp³-hybridized carbons (Fsp3) is 0.700. The summed E-state index contributed by atoms with van der Waals surface area (Å²) in [6.07, 6.45) is 1.17. The minimum absolute atomic E-state index is 0.0138. The molecule has 2 saturated heterocycles. The molecule has 0 aliphatic carbocycles. The van der Waals surface area contributed by atoms with Crippen molar-refractivity contribution in [3.05, 3.63) is 24.3 Å². The molecule has 0 bridgehead atoms. The molecule has 0 saturated carbocycles. The van der Waals surface area contributed by atoms with Gasteiger partial charge < -0.3 is 19.5 Å². The second-order valence-electron chi connectivity index (χ2n) is 7.97. The van der Waals surface area contributed by atoms with Gasteiger partial charge in [0.05, 0.1) is 13.2 Å². The number of halogens is 3. The Labute approximate surface area is 184 Å². The number of aliphatic carboxylic acids is 1. The number of nitrogens with zero attached hydrogens (tertiary/aromatic N) is 4. The first kappa shape index (κ1) is 25.9. The zero-order valence-corrected chi connectivity index (χ0v) is 18.2. The Hall–Kier alpha value is -2.31. The van der Waals surface area contributed by atoms with Gasteiger partial charge in [-0.2, -0.15) is 13.2 Å². The van der Waals surface area contributed by atoms with E-state index in [1.54, 1.807) is 26.5 Å². The first-order valence-electron chi connectivity index (χ1n) is 10.2. The van der Waals surface area contributed by atoms with Crippen LogP contribution in [0.5, 0.6) is 0 Å².